The Kier molecular flexibility index (Phi) is 41.2. The Balaban J connectivity index is 0.000000177. The maximum atomic E-state index is 13.6. The van der Waals surface area contributed by atoms with E-state index in [1.807, 2.05) is 172 Å². The fraction of sp³-hybridized carbons (Fsp3) is 0.431. The van der Waals surface area contributed by atoms with Gasteiger partial charge in [0.1, 0.15) is 0 Å². The normalized spacial score (nSPS) is 16.6. The lowest BCUT2D eigenvalue weighted by atomic mass is 9.71. The van der Waals surface area contributed by atoms with Crippen LogP contribution in [0.5, 0.6) is 0 Å². The molecule has 15 rings (SSSR count). The van der Waals surface area contributed by atoms with Crippen LogP contribution in [0.2, 0.25) is 0 Å². The van der Waals surface area contributed by atoms with E-state index < -0.39 is 11.9 Å². The Morgan fingerprint density at radius 1 is 0.333 bits per heavy atom. The molecular weight excluding hydrogens is 2030 g/mol. The van der Waals surface area contributed by atoms with E-state index in [0.717, 1.165) is 164 Å². The van der Waals surface area contributed by atoms with E-state index in [-0.39, 0.29) is 120 Å². The van der Waals surface area contributed by atoms with Gasteiger partial charge in [-0.3, -0.25) is 44.3 Å². The monoisotopic (exact) mass is 2170 g/mol. The SMILES string of the molecule is CC(C)(C)C1CCC(N(Cc2ccc(C(=O)Nc3nn[nH]n3)cc2)C(=O)Nc2cc(Br)cc(Br)c2)CC1.Cc1cc(C)cc(NC(=O)N(Cc2ccc(C(=O)NCCC(=O)O)cc2)C2CCC(C(C)(C)C)CC2)c1.Cc1cc(C)cc(NC(=O)N(Cc2ccc(C(=O)NCCC(=O)O)cc2)c2ccc(C3CCCCC3)cc2)c1.Cc1cc(C)cc(NC(=O)N(Cc2ccc(C(=O)Nc3nn[nH]n3)cc2)C2CCC(C(C)(C)C)CC2)c1. The molecule has 796 valence electrons. The quantitative estimate of drug-likeness (QED) is 0.0207. The first-order chi connectivity index (χ1) is 71.4. The van der Waals surface area contributed by atoms with Crippen molar-refractivity contribution in [2.24, 2.45) is 34.0 Å². The Hall–Kier alpha value is -14.0. The topological polar surface area (TPSA) is 429 Å². The second-order valence-electron chi connectivity index (χ2n) is 43.5. The Labute approximate surface area is 897 Å². The number of nitrogens with zero attached hydrogens (tertiary/aromatic N) is 10. The highest BCUT2D eigenvalue weighted by Crippen LogP contribution is 2.44. The van der Waals surface area contributed by atoms with E-state index in [1.165, 1.54) is 37.7 Å². The molecule has 150 heavy (non-hydrogen) atoms. The maximum Gasteiger partial charge on any atom is 0.326 e. The van der Waals surface area contributed by atoms with E-state index >= 15 is 0 Å². The number of carboxylic acid groups (broad SMARTS) is 2. The second kappa shape index (κ2) is 53.9. The molecule has 0 radical (unpaired) electrons. The van der Waals surface area contributed by atoms with E-state index in [2.05, 4.69) is 208 Å². The molecule has 32 nitrogen and oxygen atoms in total. The van der Waals surface area contributed by atoms with Gasteiger partial charge in [-0.2, -0.15) is 10.4 Å². The van der Waals surface area contributed by atoms with Gasteiger partial charge in [0, 0.05) is 110 Å². The van der Waals surface area contributed by atoms with Crippen LogP contribution in [0.15, 0.2) is 203 Å². The summed E-state index contributed by atoms with van der Waals surface area (Å²) < 4.78 is 1.76. The predicted octanol–water partition coefficient (Wildman–Crippen LogP) is 25.3. The molecule has 4 saturated carbocycles. The van der Waals surface area contributed by atoms with Gasteiger partial charge in [0.2, 0.25) is 0 Å². The Morgan fingerprint density at radius 2 is 0.620 bits per heavy atom. The van der Waals surface area contributed by atoms with Crippen LogP contribution in [0.4, 0.5) is 59.5 Å². The number of benzene rings is 9. The summed E-state index contributed by atoms with van der Waals surface area (Å²) in [6, 6.07) is 60.7. The zero-order valence-corrected chi connectivity index (χ0v) is 92.1. The van der Waals surface area contributed by atoms with Crippen molar-refractivity contribution in [3.8, 4) is 0 Å². The predicted molar refractivity (Wildman–Crippen MR) is 596 cm³/mol. The van der Waals surface area contributed by atoms with E-state index in [0.29, 0.717) is 77.8 Å². The van der Waals surface area contributed by atoms with Crippen LogP contribution in [0.3, 0.4) is 0 Å². The number of rotatable bonds is 29. The molecule has 11 aromatic rings. The molecule has 0 unspecified atom stereocenters. The number of nitrogens with one attached hydrogen (secondary N) is 10. The highest BCUT2D eigenvalue weighted by Gasteiger charge is 2.39. The van der Waals surface area contributed by atoms with Crippen LogP contribution in [0, 0.1) is 75.5 Å². The standard InChI is InChI=1S/C32H37N3O4.C30H41N3O4.C28H37N7O2.C26H31Br2N7O2/c1-22-18-23(2)20-28(19-22)34-32(39)35(29-14-12-26(13-15-29)25-6-4-3-5-7-25)21-24-8-10-27(11-9-24)31(38)33-17-16-30(36)37;1-20-16-21(2)18-25(17-20)32-29(37)33(26-12-10-24(11-13-26)30(3,4)5)19-22-6-8-23(9-7-22)28(36)31-15-14-27(34)35;1-18-14-19(2)16-23(15-18)29-27(37)35(24-12-10-22(11-13-24)28(3,4)5)17-20-6-8-21(9-7-20)25(36)30-26-31-33-34-32-26;1-26(2,3)18-8-10-22(11-9-18)35(25(37)29-21-13-19(27)12-20(28)14-21)15-16-4-6-17(7-5-16)23(36)30-24-31-33-34-32-24/h8-15,18-20,25H,3-7,16-17,21H2,1-2H3,(H,33,38)(H,34,39)(H,36,37);6-9,16-18,24,26H,10-15,19H2,1-5H3,(H,31,36)(H,32,37)(H,34,35);6-9,14-16,22,24H,10-13,17H2,1-5H3,(H,29,37)(H2,30,31,32,33,34,36);4-7,12-14,18,22H,8-11,15H2,1-3H3,(H,29,37)(H2,30,31,32,33,34,36). The van der Waals surface area contributed by atoms with Gasteiger partial charge < -0.3 is 56.8 Å². The fourth-order valence-corrected chi connectivity index (χ4v) is 21.7. The van der Waals surface area contributed by atoms with Crippen LogP contribution in [0.1, 0.15) is 293 Å². The fourth-order valence-electron chi connectivity index (χ4n) is 20.4. The number of halogens is 2. The van der Waals surface area contributed by atoms with Crippen molar-refractivity contribution in [3.63, 3.8) is 0 Å². The number of amides is 12. The number of aliphatic carboxylic acids is 2. The summed E-state index contributed by atoms with van der Waals surface area (Å²) in [6.45, 7) is 34.6. The molecule has 4 aliphatic carbocycles. The summed E-state index contributed by atoms with van der Waals surface area (Å²) in [5.41, 5.74) is 18.1. The summed E-state index contributed by atoms with van der Waals surface area (Å²) in [4.78, 5) is 133. The van der Waals surface area contributed by atoms with Gasteiger partial charge in [0.25, 0.3) is 35.5 Å². The van der Waals surface area contributed by atoms with Gasteiger partial charge in [-0.1, -0.05) is 202 Å². The van der Waals surface area contributed by atoms with Crippen LogP contribution in [0.25, 0.3) is 0 Å². The lowest BCUT2D eigenvalue weighted by Crippen LogP contribution is -2.45. The van der Waals surface area contributed by atoms with Crippen molar-refractivity contribution in [1.29, 1.82) is 0 Å². The maximum absolute atomic E-state index is 13.6. The molecule has 34 heteroatoms. The number of hydrogen-bond acceptors (Lipinski definition) is 16. The van der Waals surface area contributed by atoms with E-state index in [4.69, 9.17) is 10.2 Å². The number of aromatic amines is 2. The molecule has 0 bridgehead atoms. The minimum Gasteiger partial charge on any atom is -0.481 e. The van der Waals surface area contributed by atoms with Crippen LogP contribution < -0.4 is 47.4 Å². The van der Waals surface area contributed by atoms with Gasteiger partial charge >= 0.3 is 36.1 Å². The summed E-state index contributed by atoms with van der Waals surface area (Å²) in [5.74, 6) is -0.438. The number of aromatic nitrogens is 8. The van der Waals surface area contributed by atoms with Crippen LogP contribution in [-0.2, 0) is 35.8 Å². The van der Waals surface area contributed by atoms with Gasteiger partial charge in [-0.25, -0.2) is 19.2 Å². The molecule has 9 aromatic carbocycles. The zero-order valence-electron chi connectivity index (χ0n) is 88.9. The molecule has 4 fully saturated rings. The number of carboxylic acids is 2. The Morgan fingerprint density at radius 3 is 0.907 bits per heavy atom. The number of carbonyl (C=O) groups excluding carboxylic acids is 8. The van der Waals surface area contributed by atoms with Crippen molar-refractivity contribution in [2.45, 2.75) is 276 Å². The first-order valence-corrected chi connectivity index (χ1v) is 53.5. The second-order valence-corrected chi connectivity index (χ2v) is 45.3. The third kappa shape index (κ3) is 35.6. The molecule has 0 spiro atoms. The zero-order chi connectivity index (χ0) is 108. The number of hydrogen-bond donors (Lipinski definition) is 12. The molecule has 2 aromatic heterocycles. The van der Waals surface area contributed by atoms with Crippen molar-refractivity contribution in [1.82, 2.24) is 66.6 Å². The number of anilines is 7. The number of urea groups is 4. The van der Waals surface area contributed by atoms with Crippen molar-refractivity contribution >= 4 is 132 Å². The van der Waals surface area contributed by atoms with E-state index in [9.17, 15) is 47.9 Å². The van der Waals surface area contributed by atoms with Crippen molar-refractivity contribution < 1.29 is 58.2 Å². The summed E-state index contributed by atoms with van der Waals surface area (Å²) >= 11 is 6.98. The smallest absolute Gasteiger partial charge is 0.326 e. The van der Waals surface area contributed by atoms with Crippen molar-refractivity contribution in [2.75, 3.05) is 49.9 Å². The number of H-pyrrole nitrogens is 2. The summed E-state index contributed by atoms with van der Waals surface area (Å²) in [6.07, 6.45) is 18.4. The molecule has 4 aliphatic rings. The molecule has 12 amide bonds. The number of carbonyl (C=O) groups is 10. The number of tetrazole rings is 2. The molecule has 12 N–H and O–H groups in total. The summed E-state index contributed by atoms with van der Waals surface area (Å²) in [7, 11) is 0. The molecular formula is C116H146Br2N20O12. The molecule has 0 atom stereocenters. The average molecular weight is 2170 g/mol. The highest BCUT2D eigenvalue weighted by atomic mass is 79.9. The Bertz CT molecular complexity index is 6090. The third-order valence-electron chi connectivity index (χ3n) is 28.6. The lowest BCUT2D eigenvalue weighted by molar-refractivity contribution is -0.137. The van der Waals surface area contributed by atoms with Gasteiger partial charge in [-0.15, -0.1) is 10.2 Å². The van der Waals surface area contributed by atoms with Crippen molar-refractivity contribution in [3.05, 3.63) is 287 Å². The third-order valence-corrected chi connectivity index (χ3v) is 29.5. The van der Waals surface area contributed by atoms with E-state index in [1.54, 1.807) is 53.4 Å². The molecule has 2 heterocycles. The van der Waals surface area contributed by atoms with Crippen LogP contribution >= 0.6 is 31.9 Å². The average Bonchev–Trinajstić information content (AvgIpc) is 0.837. The molecule has 0 aliphatic heterocycles. The largest absolute Gasteiger partial charge is 0.481 e. The minimum absolute atomic E-state index is 0.0686. The van der Waals surface area contributed by atoms with Gasteiger partial charge in [-0.05, 0) is 358 Å². The van der Waals surface area contributed by atoms with Crippen LogP contribution in [-0.4, -0.2) is 157 Å². The highest BCUT2D eigenvalue weighted by molar-refractivity contribution is 9.11. The molecule has 0 saturated heterocycles. The summed E-state index contributed by atoms with van der Waals surface area (Å²) in [5, 5.41) is 66.8. The first-order valence-electron chi connectivity index (χ1n) is 51.9. The van der Waals surface area contributed by atoms with Gasteiger partial charge in [0.15, 0.2) is 0 Å². The first kappa shape index (κ1) is 115. The van der Waals surface area contributed by atoms with Gasteiger partial charge in [0.05, 0.1) is 19.4 Å². The minimum atomic E-state index is -0.961. The number of aryl methyl sites for hydroxylation is 6. The lowest BCUT2D eigenvalue weighted by Gasteiger charge is -2.41.